The third-order valence-electron chi connectivity index (χ3n) is 4.86. The van der Waals surface area contributed by atoms with Crippen LogP contribution in [0.4, 0.5) is 0 Å². The van der Waals surface area contributed by atoms with Gasteiger partial charge in [0.05, 0.1) is 11.9 Å². The van der Waals surface area contributed by atoms with Crippen molar-refractivity contribution in [1.29, 1.82) is 0 Å². The normalized spacial score (nSPS) is 26.5. The highest BCUT2D eigenvalue weighted by Crippen LogP contribution is 2.32. The van der Waals surface area contributed by atoms with Crippen molar-refractivity contribution in [1.82, 2.24) is 20.0 Å². The molecule has 3 rings (SSSR count). The van der Waals surface area contributed by atoms with Crippen LogP contribution in [-0.2, 0) is 9.84 Å². The molecule has 1 aromatic rings. The van der Waals surface area contributed by atoms with Gasteiger partial charge in [-0.15, -0.1) is 0 Å². The van der Waals surface area contributed by atoms with Crippen molar-refractivity contribution in [2.24, 2.45) is 0 Å². The first-order valence-corrected chi connectivity index (χ1v) is 9.50. The Labute approximate surface area is 126 Å². The van der Waals surface area contributed by atoms with Crippen molar-refractivity contribution < 1.29 is 8.42 Å². The fourth-order valence-corrected chi connectivity index (χ4v) is 4.44. The van der Waals surface area contributed by atoms with E-state index in [2.05, 4.69) is 27.0 Å². The maximum Gasteiger partial charge on any atom is 0.178 e. The van der Waals surface area contributed by atoms with Gasteiger partial charge >= 0.3 is 0 Å². The second-order valence-corrected chi connectivity index (χ2v) is 8.42. The minimum absolute atomic E-state index is 0.261. The summed E-state index contributed by atoms with van der Waals surface area (Å²) in [6, 6.07) is 0.649. The highest BCUT2D eigenvalue weighted by Gasteiger charge is 2.33. The molecule has 0 saturated carbocycles. The molecule has 0 amide bonds. The predicted molar refractivity (Wildman–Crippen MR) is 81.1 cm³/mol. The summed E-state index contributed by atoms with van der Waals surface area (Å²) in [5, 5.41) is 6.87. The molecule has 2 fully saturated rings. The number of nitrogens with one attached hydrogen (secondary N) is 1. The molecule has 2 aliphatic heterocycles. The number of H-pyrrole nitrogens is 1. The van der Waals surface area contributed by atoms with Crippen LogP contribution in [0.3, 0.4) is 0 Å². The zero-order valence-corrected chi connectivity index (χ0v) is 13.6. The number of piperidine rings is 1. The fraction of sp³-hybridized carbons (Fsp3) is 0.786. The van der Waals surface area contributed by atoms with Gasteiger partial charge in [0.1, 0.15) is 4.90 Å². The maximum absolute atomic E-state index is 11.8. The summed E-state index contributed by atoms with van der Waals surface area (Å²) in [7, 11) is -1.02. The molecule has 0 radical (unpaired) electrons. The zero-order valence-electron chi connectivity index (χ0n) is 12.7. The number of sulfone groups is 1. The number of aromatic amines is 1. The lowest BCUT2D eigenvalue weighted by atomic mass is 10.0. The molecule has 1 aromatic heterocycles. The lowest BCUT2D eigenvalue weighted by Crippen LogP contribution is -2.42. The number of hydrogen-bond donors (Lipinski definition) is 1. The van der Waals surface area contributed by atoms with Gasteiger partial charge in [-0.2, -0.15) is 5.10 Å². The van der Waals surface area contributed by atoms with Crippen LogP contribution < -0.4 is 0 Å². The Morgan fingerprint density at radius 2 is 1.95 bits per heavy atom. The largest absolute Gasteiger partial charge is 0.306 e. The average molecular weight is 312 g/mol. The topological polar surface area (TPSA) is 69.3 Å². The van der Waals surface area contributed by atoms with Crippen molar-refractivity contribution >= 4 is 9.84 Å². The van der Waals surface area contributed by atoms with Gasteiger partial charge in [-0.25, -0.2) is 8.42 Å². The van der Waals surface area contributed by atoms with Crippen molar-refractivity contribution in [2.75, 3.05) is 39.5 Å². The van der Waals surface area contributed by atoms with Crippen LogP contribution in [0.5, 0.6) is 0 Å². The Morgan fingerprint density at radius 3 is 2.62 bits per heavy atom. The van der Waals surface area contributed by atoms with Crippen LogP contribution in [0.15, 0.2) is 11.1 Å². The minimum atomic E-state index is -3.20. The lowest BCUT2D eigenvalue weighted by molar-refractivity contribution is 0.142. The molecular weight excluding hydrogens is 288 g/mol. The molecule has 7 heteroatoms. The van der Waals surface area contributed by atoms with Crippen LogP contribution in [0, 0.1) is 0 Å². The van der Waals surface area contributed by atoms with Crippen LogP contribution in [-0.4, -0.2) is 73.9 Å². The van der Waals surface area contributed by atoms with Crippen LogP contribution in [0.2, 0.25) is 0 Å². The molecule has 6 nitrogen and oxygen atoms in total. The zero-order chi connectivity index (χ0) is 15.0. The van der Waals surface area contributed by atoms with E-state index >= 15 is 0 Å². The first kappa shape index (κ1) is 15.0. The van der Waals surface area contributed by atoms with E-state index in [1.165, 1.54) is 25.3 Å². The minimum Gasteiger partial charge on any atom is -0.306 e. The Morgan fingerprint density at radius 1 is 1.24 bits per heavy atom. The van der Waals surface area contributed by atoms with Gasteiger partial charge in [-0.05, 0) is 45.9 Å². The van der Waals surface area contributed by atoms with Crippen molar-refractivity contribution in [2.45, 2.75) is 36.1 Å². The van der Waals surface area contributed by atoms with Crippen LogP contribution in [0.1, 0.15) is 30.9 Å². The molecule has 0 spiro atoms. The number of aromatic nitrogens is 2. The van der Waals surface area contributed by atoms with E-state index < -0.39 is 9.84 Å². The Hall–Kier alpha value is -0.920. The lowest BCUT2D eigenvalue weighted by Gasteiger charge is -2.35. The molecule has 0 aromatic carbocycles. The Kier molecular flexibility index (Phi) is 4.07. The fourth-order valence-electron chi connectivity index (χ4n) is 3.59. The summed E-state index contributed by atoms with van der Waals surface area (Å²) < 4.78 is 23.6. The van der Waals surface area contributed by atoms with E-state index in [1.54, 1.807) is 0 Å². The highest BCUT2D eigenvalue weighted by molar-refractivity contribution is 7.90. The number of likely N-dealkylation sites (tertiary alicyclic amines) is 2. The van der Waals surface area contributed by atoms with Crippen LogP contribution in [0.25, 0.3) is 0 Å². The molecule has 1 N–H and O–H groups in total. The number of nitrogens with zero attached hydrogens (tertiary/aromatic N) is 3. The SMILES string of the molecule is CN1CCC(N2CC[C@@H](c3[nH]ncc3S(C)(=O)=O)C2)CC1. The van der Waals surface area contributed by atoms with Crippen molar-refractivity contribution in [3.05, 3.63) is 11.9 Å². The number of hydrogen-bond acceptors (Lipinski definition) is 5. The molecular formula is C14H24N4O2S. The van der Waals surface area contributed by atoms with Gasteiger partial charge in [0, 0.05) is 24.8 Å². The van der Waals surface area contributed by atoms with Gasteiger partial charge in [-0.1, -0.05) is 0 Å². The van der Waals surface area contributed by atoms with E-state index in [1.807, 2.05) is 0 Å². The molecule has 1 atom stereocenters. The van der Waals surface area contributed by atoms with Gasteiger partial charge in [0.15, 0.2) is 9.84 Å². The summed E-state index contributed by atoms with van der Waals surface area (Å²) in [6.45, 7) is 4.31. The highest BCUT2D eigenvalue weighted by atomic mass is 32.2. The van der Waals surface area contributed by atoms with Crippen molar-refractivity contribution in [3.8, 4) is 0 Å². The van der Waals surface area contributed by atoms with E-state index in [9.17, 15) is 8.42 Å². The van der Waals surface area contributed by atoms with Gasteiger partial charge in [0.2, 0.25) is 0 Å². The summed E-state index contributed by atoms with van der Waals surface area (Å²) in [4.78, 5) is 5.28. The van der Waals surface area contributed by atoms with E-state index in [4.69, 9.17) is 0 Å². The molecule has 0 bridgehead atoms. The second-order valence-electron chi connectivity index (χ2n) is 6.44. The van der Waals surface area contributed by atoms with Crippen LogP contribution >= 0.6 is 0 Å². The molecule has 3 heterocycles. The van der Waals surface area contributed by atoms with Gasteiger partial charge in [0.25, 0.3) is 0 Å². The second kappa shape index (κ2) is 5.70. The van der Waals surface area contributed by atoms with Gasteiger partial charge in [-0.3, -0.25) is 10.00 Å². The Balaban J connectivity index is 1.69. The predicted octanol–water partition coefficient (Wildman–Crippen LogP) is 0.697. The molecule has 2 aliphatic rings. The standard InChI is InChI=1S/C14H24N4O2S/c1-17-6-4-12(5-7-17)18-8-3-11(10-18)14-13(9-15-16-14)21(2,19)20/h9,11-12H,3-8,10H2,1-2H3,(H,15,16)/t11-/m1/s1. The number of rotatable bonds is 3. The Bertz CT molecular complexity index is 590. The first-order valence-electron chi connectivity index (χ1n) is 7.61. The summed E-state index contributed by atoms with van der Waals surface area (Å²) in [5.41, 5.74) is 0.799. The smallest absolute Gasteiger partial charge is 0.178 e. The van der Waals surface area contributed by atoms with E-state index in [0.29, 0.717) is 10.9 Å². The first-order chi connectivity index (χ1) is 9.95. The van der Waals surface area contributed by atoms with E-state index in [0.717, 1.165) is 38.3 Å². The average Bonchev–Trinajstić information content (AvgIpc) is 3.07. The molecule has 21 heavy (non-hydrogen) atoms. The van der Waals surface area contributed by atoms with Gasteiger partial charge < -0.3 is 4.90 Å². The maximum atomic E-state index is 11.8. The third kappa shape index (κ3) is 3.14. The van der Waals surface area contributed by atoms with E-state index in [-0.39, 0.29) is 5.92 Å². The quantitative estimate of drug-likeness (QED) is 0.889. The summed E-state index contributed by atoms with van der Waals surface area (Å²) >= 11 is 0. The molecule has 0 aliphatic carbocycles. The summed E-state index contributed by atoms with van der Waals surface area (Å²) in [6.07, 6.45) is 6.14. The molecule has 2 saturated heterocycles. The monoisotopic (exact) mass is 312 g/mol. The molecule has 118 valence electrons. The third-order valence-corrected chi connectivity index (χ3v) is 5.99. The van der Waals surface area contributed by atoms with Crippen molar-refractivity contribution in [3.63, 3.8) is 0 Å². The summed E-state index contributed by atoms with van der Waals surface area (Å²) in [5.74, 6) is 0.261. The molecule has 0 unspecified atom stereocenters.